The Morgan fingerprint density at radius 2 is 1.81 bits per heavy atom. The zero-order chi connectivity index (χ0) is 14.8. The lowest BCUT2D eigenvalue weighted by atomic mass is 10.2. The molecule has 1 fully saturated rings. The third-order valence-electron chi connectivity index (χ3n) is 3.65. The zero-order valence-corrected chi connectivity index (χ0v) is 12.2. The van der Waals surface area contributed by atoms with Crippen LogP contribution in [0.25, 0.3) is 0 Å². The molecular formula is C14H18N6O. The van der Waals surface area contributed by atoms with Crippen LogP contribution in [0.4, 0.5) is 5.95 Å². The van der Waals surface area contributed by atoms with E-state index < -0.39 is 0 Å². The maximum absolute atomic E-state index is 12.5. The van der Waals surface area contributed by atoms with Crippen LogP contribution in [0.2, 0.25) is 0 Å². The maximum atomic E-state index is 12.5. The average Bonchev–Trinajstić information content (AvgIpc) is 2.86. The summed E-state index contributed by atoms with van der Waals surface area (Å²) >= 11 is 0. The molecule has 2 aromatic rings. The predicted molar refractivity (Wildman–Crippen MR) is 78.1 cm³/mol. The summed E-state index contributed by atoms with van der Waals surface area (Å²) in [5.41, 5.74) is 1.46. The van der Waals surface area contributed by atoms with Crippen molar-refractivity contribution >= 4 is 11.9 Å². The first-order chi connectivity index (χ1) is 10.1. The van der Waals surface area contributed by atoms with E-state index >= 15 is 0 Å². The van der Waals surface area contributed by atoms with E-state index in [2.05, 4.69) is 20.0 Å². The Morgan fingerprint density at radius 1 is 1.14 bits per heavy atom. The van der Waals surface area contributed by atoms with Crippen molar-refractivity contribution in [2.75, 3.05) is 31.1 Å². The van der Waals surface area contributed by atoms with Gasteiger partial charge in [-0.15, -0.1) is 0 Å². The van der Waals surface area contributed by atoms with Gasteiger partial charge >= 0.3 is 0 Å². The van der Waals surface area contributed by atoms with Crippen molar-refractivity contribution in [3.63, 3.8) is 0 Å². The minimum atomic E-state index is 0.0502. The van der Waals surface area contributed by atoms with E-state index in [0.717, 1.165) is 24.7 Å². The lowest BCUT2D eigenvalue weighted by Crippen LogP contribution is -2.49. The van der Waals surface area contributed by atoms with Gasteiger partial charge < -0.3 is 9.80 Å². The van der Waals surface area contributed by atoms with Gasteiger partial charge in [0.25, 0.3) is 5.91 Å². The fraction of sp³-hybridized carbons (Fsp3) is 0.429. The van der Waals surface area contributed by atoms with Gasteiger partial charge in [0.1, 0.15) is 0 Å². The van der Waals surface area contributed by atoms with Crippen molar-refractivity contribution in [3.05, 3.63) is 35.9 Å². The summed E-state index contributed by atoms with van der Waals surface area (Å²) in [5, 5.41) is 4.23. The zero-order valence-electron chi connectivity index (χ0n) is 12.2. The van der Waals surface area contributed by atoms with Crippen LogP contribution in [-0.2, 0) is 7.05 Å². The molecule has 0 atom stereocenters. The summed E-state index contributed by atoms with van der Waals surface area (Å²) in [6, 6.07) is 1.80. The molecule has 1 saturated heterocycles. The highest BCUT2D eigenvalue weighted by Crippen LogP contribution is 2.14. The number of aromatic nitrogens is 4. The summed E-state index contributed by atoms with van der Waals surface area (Å²) in [5.74, 6) is 0.774. The minimum Gasteiger partial charge on any atom is -0.337 e. The van der Waals surface area contributed by atoms with Gasteiger partial charge in [0.05, 0.1) is 11.3 Å². The van der Waals surface area contributed by atoms with E-state index in [9.17, 15) is 4.79 Å². The number of rotatable bonds is 2. The molecular weight excluding hydrogens is 268 g/mol. The van der Waals surface area contributed by atoms with Crippen LogP contribution in [0, 0.1) is 6.92 Å². The molecule has 0 aromatic carbocycles. The number of carbonyl (C=O) groups is 1. The molecule has 0 unspecified atom stereocenters. The van der Waals surface area contributed by atoms with Crippen LogP contribution in [-0.4, -0.2) is 56.7 Å². The number of hydrogen-bond donors (Lipinski definition) is 0. The highest BCUT2D eigenvalue weighted by molar-refractivity contribution is 5.95. The Labute approximate surface area is 123 Å². The van der Waals surface area contributed by atoms with Gasteiger partial charge in [-0.25, -0.2) is 9.97 Å². The smallest absolute Gasteiger partial charge is 0.257 e. The number of aryl methyl sites for hydroxylation is 2. The molecule has 1 amide bonds. The molecule has 1 aliphatic rings. The molecule has 110 valence electrons. The van der Waals surface area contributed by atoms with Gasteiger partial charge in [0, 0.05) is 51.8 Å². The molecule has 1 aliphatic heterocycles. The predicted octanol–water partition coefficient (Wildman–Crippen LogP) is 0.481. The van der Waals surface area contributed by atoms with Crippen LogP contribution in [0.3, 0.4) is 0 Å². The summed E-state index contributed by atoms with van der Waals surface area (Å²) in [4.78, 5) is 25.0. The quantitative estimate of drug-likeness (QED) is 0.803. The van der Waals surface area contributed by atoms with E-state index in [4.69, 9.17) is 0 Å². The van der Waals surface area contributed by atoms with Gasteiger partial charge in [-0.3, -0.25) is 9.48 Å². The van der Waals surface area contributed by atoms with Crippen molar-refractivity contribution in [2.45, 2.75) is 6.92 Å². The standard InChI is InChI=1S/C14H18N6O/c1-11-12(10-18(2)17-11)13(21)19-6-8-20(9-7-19)14-15-4-3-5-16-14/h3-5,10H,6-9H2,1-2H3. The number of carbonyl (C=O) groups excluding carboxylic acids is 1. The van der Waals surface area contributed by atoms with E-state index in [1.807, 2.05) is 18.9 Å². The monoisotopic (exact) mass is 286 g/mol. The van der Waals surface area contributed by atoms with E-state index in [1.54, 1.807) is 29.3 Å². The highest BCUT2D eigenvalue weighted by atomic mass is 16.2. The first-order valence-corrected chi connectivity index (χ1v) is 6.96. The second kappa shape index (κ2) is 5.51. The number of hydrogen-bond acceptors (Lipinski definition) is 5. The van der Waals surface area contributed by atoms with Gasteiger partial charge in [-0.1, -0.05) is 0 Å². The van der Waals surface area contributed by atoms with Crippen LogP contribution in [0.5, 0.6) is 0 Å². The lowest BCUT2D eigenvalue weighted by Gasteiger charge is -2.34. The van der Waals surface area contributed by atoms with E-state index in [-0.39, 0.29) is 5.91 Å². The van der Waals surface area contributed by atoms with E-state index in [0.29, 0.717) is 18.7 Å². The Bertz CT molecular complexity index is 630. The van der Waals surface area contributed by atoms with Crippen molar-refractivity contribution in [3.8, 4) is 0 Å². The average molecular weight is 286 g/mol. The summed E-state index contributed by atoms with van der Waals surface area (Å²) < 4.78 is 1.68. The van der Waals surface area contributed by atoms with E-state index in [1.165, 1.54) is 0 Å². The SMILES string of the molecule is Cc1nn(C)cc1C(=O)N1CCN(c2ncccn2)CC1. The maximum Gasteiger partial charge on any atom is 0.257 e. The molecule has 7 heteroatoms. The Kier molecular flexibility index (Phi) is 3.55. The van der Waals surface area contributed by atoms with Crippen LogP contribution in [0.15, 0.2) is 24.7 Å². The summed E-state index contributed by atoms with van der Waals surface area (Å²) in [6.07, 6.45) is 5.25. The molecule has 7 nitrogen and oxygen atoms in total. The minimum absolute atomic E-state index is 0.0502. The van der Waals surface area contributed by atoms with Gasteiger partial charge in [-0.2, -0.15) is 5.10 Å². The molecule has 0 N–H and O–H groups in total. The van der Waals surface area contributed by atoms with Crippen molar-refractivity contribution < 1.29 is 4.79 Å². The van der Waals surface area contributed by atoms with Gasteiger partial charge in [-0.05, 0) is 13.0 Å². The Hall–Kier alpha value is -2.44. The molecule has 3 heterocycles. The van der Waals surface area contributed by atoms with Crippen LogP contribution < -0.4 is 4.90 Å². The fourth-order valence-corrected chi connectivity index (χ4v) is 2.54. The second-order valence-electron chi connectivity index (χ2n) is 5.13. The fourth-order valence-electron chi connectivity index (χ4n) is 2.54. The lowest BCUT2D eigenvalue weighted by molar-refractivity contribution is 0.0745. The van der Waals surface area contributed by atoms with Crippen molar-refractivity contribution in [2.24, 2.45) is 7.05 Å². The molecule has 0 saturated carbocycles. The molecule has 0 spiro atoms. The van der Waals surface area contributed by atoms with Gasteiger partial charge in [0.2, 0.25) is 5.95 Å². The first-order valence-electron chi connectivity index (χ1n) is 6.96. The molecule has 0 aliphatic carbocycles. The van der Waals surface area contributed by atoms with Crippen molar-refractivity contribution in [1.29, 1.82) is 0 Å². The third-order valence-corrected chi connectivity index (χ3v) is 3.65. The topological polar surface area (TPSA) is 67.2 Å². The summed E-state index contributed by atoms with van der Waals surface area (Å²) in [7, 11) is 1.83. The number of piperazine rings is 1. The highest BCUT2D eigenvalue weighted by Gasteiger charge is 2.25. The van der Waals surface area contributed by atoms with Crippen LogP contribution >= 0.6 is 0 Å². The summed E-state index contributed by atoms with van der Waals surface area (Å²) in [6.45, 7) is 4.70. The number of nitrogens with zero attached hydrogens (tertiary/aromatic N) is 6. The molecule has 21 heavy (non-hydrogen) atoms. The van der Waals surface area contributed by atoms with Crippen LogP contribution in [0.1, 0.15) is 16.1 Å². The first kappa shape index (κ1) is 13.5. The normalized spacial score (nSPS) is 15.3. The molecule has 3 rings (SSSR count). The Balaban J connectivity index is 1.66. The molecule has 0 bridgehead atoms. The van der Waals surface area contributed by atoms with Gasteiger partial charge in [0.15, 0.2) is 0 Å². The Morgan fingerprint density at radius 3 is 2.38 bits per heavy atom. The number of anilines is 1. The van der Waals surface area contributed by atoms with Crippen molar-refractivity contribution in [1.82, 2.24) is 24.6 Å². The largest absolute Gasteiger partial charge is 0.337 e. The molecule has 2 aromatic heterocycles. The third kappa shape index (κ3) is 2.72. The molecule has 0 radical (unpaired) electrons. The number of amides is 1. The second-order valence-corrected chi connectivity index (χ2v) is 5.13.